The van der Waals surface area contributed by atoms with Crippen LogP contribution in [0.4, 0.5) is 0 Å². The Balaban J connectivity index is -0.000000422. The SMILES string of the molecule is C[CH-]c1[c-]c2[c-]c(C)oc2cc1.[Y].[Y].[Y].[Y]. The van der Waals surface area contributed by atoms with E-state index in [0.29, 0.717) is 0 Å². The molecule has 4 radical (unpaired) electrons. The molecule has 0 N–H and O–H groups in total. The Bertz CT molecular complexity index is 411. The van der Waals surface area contributed by atoms with Gasteiger partial charge >= 0.3 is 0 Å². The van der Waals surface area contributed by atoms with Crippen LogP contribution in [0, 0.1) is 25.5 Å². The Kier molecular flexibility index (Phi) is 17.8. The van der Waals surface area contributed by atoms with E-state index in [9.17, 15) is 0 Å². The molecule has 5 heteroatoms. The molecule has 1 heterocycles. The smallest absolute Gasteiger partial charge is 0 e. The summed E-state index contributed by atoms with van der Waals surface area (Å²) < 4.78 is 5.37. The topological polar surface area (TPSA) is 13.1 Å². The largest absolute Gasteiger partial charge is 0.603 e. The van der Waals surface area contributed by atoms with Gasteiger partial charge in [-0.1, -0.05) is 5.76 Å². The minimum absolute atomic E-state index is 0. The van der Waals surface area contributed by atoms with Crippen LogP contribution in [0.1, 0.15) is 18.2 Å². The van der Waals surface area contributed by atoms with Crippen molar-refractivity contribution in [1.29, 1.82) is 0 Å². The monoisotopic (exact) mass is 513 g/mol. The van der Waals surface area contributed by atoms with Crippen molar-refractivity contribution in [3.63, 3.8) is 0 Å². The van der Waals surface area contributed by atoms with Gasteiger partial charge in [-0.25, -0.2) is 6.07 Å². The molecule has 74 valence electrons. The van der Waals surface area contributed by atoms with Gasteiger partial charge in [0.1, 0.15) is 0 Å². The molecule has 1 aromatic carbocycles. The first-order valence-electron chi connectivity index (χ1n) is 3.93. The summed E-state index contributed by atoms with van der Waals surface area (Å²) in [6.07, 6.45) is 2.01. The molecule has 2 aromatic rings. The van der Waals surface area contributed by atoms with E-state index in [2.05, 4.69) is 12.1 Å². The predicted molar refractivity (Wildman–Crippen MR) is 47.7 cm³/mol. The molecule has 0 aliphatic rings. The van der Waals surface area contributed by atoms with Gasteiger partial charge in [-0.05, 0) is 6.92 Å². The second-order valence-corrected chi connectivity index (χ2v) is 2.72. The molecule has 0 aliphatic carbocycles. The summed E-state index contributed by atoms with van der Waals surface area (Å²) in [6, 6.07) is 10.2. The van der Waals surface area contributed by atoms with E-state index in [1.165, 1.54) is 0 Å². The summed E-state index contributed by atoms with van der Waals surface area (Å²) in [7, 11) is 0. The van der Waals surface area contributed by atoms with Crippen molar-refractivity contribution in [2.24, 2.45) is 0 Å². The summed E-state index contributed by atoms with van der Waals surface area (Å²) in [5.74, 6) is 0.814. The van der Waals surface area contributed by atoms with Gasteiger partial charge in [0.05, 0.1) is 0 Å². The summed E-state index contributed by atoms with van der Waals surface area (Å²) in [5.41, 5.74) is 1.94. The molecule has 16 heavy (non-hydrogen) atoms. The molecule has 0 atom stereocenters. The van der Waals surface area contributed by atoms with E-state index >= 15 is 0 Å². The van der Waals surface area contributed by atoms with Gasteiger partial charge < -0.3 is 33.9 Å². The number of rotatable bonds is 1. The summed E-state index contributed by atoms with van der Waals surface area (Å²) in [6.45, 7) is 3.88. The first-order valence-corrected chi connectivity index (χ1v) is 3.93. The van der Waals surface area contributed by atoms with Crippen molar-refractivity contribution in [3.05, 3.63) is 42.0 Å². The number of aryl methyl sites for hydroxylation is 1. The molecular formula is C11H9OY4-3. The van der Waals surface area contributed by atoms with Gasteiger partial charge in [0.15, 0.2) is 0 Å². The van der Waals surface area contributed by atoms with Gasteiger partial charge in [-0.2, -0.15) is 0 Å². The van der Waals surface area contributed by atoms with E-state index in [4.69, 9.17) is 4.42 Å². The van der Waals surface area contributed by atoms with Gasteiger partial charge in [0.25, 0.3) is 0 Å². The Morgan fingerprint density at radius 2 is 1.69 bits per heavy atom. The minimum Gasteiger partial charge on any atom is -0.603 e. The maximum Gasteiger partial charge on any atom is 0 e. The Morgan fingerprint density at radius 3 is 2.25 bits per heavy atom. The van der Waals surface area contributed by atoms with Crippen LogP contribution in [-0.2, 0) is 131 Å². The van der Waals surface area contributed by atoms with E-state index in [1.54, 1.807) is 0 Å². The third kappa shape index (κ3) is 6.47. The normalized spacial score (nSPS) is 7.88. The van der Waals surface area contributed by atoms with E-state index in [1.807, 2.05) is 32.4 Å². The van der Waals surface area contributed by atoms with Crippen LogP contribution in [0.15, 0.2) is 16.5 Å². The van der Waals surface area contributed by atoms with Crippen LogP contribution < -0.4 is 0 Å². The van der Waals surface area contributed by atoms with Gasteiger partial charge in [-0.3, -0.25) is 6.07 Å². The van der Waals surface area contributed by atoms with Crippen LogP contribution in [0.5, 0.6) is 0 Å². The summed E-state index contributed by atoms with van der Waals surface area (Å²) in [5, 5.41) is 0.933. The molecule has 0 bridgehead atoms. The molecule has 0 fully saturated rings. The van der Waals surface area contributed by atoms with E-state index in [0.717, 1.165) is 22.3 Å². The quantitative estimate of drug-likeness (QED) is 0.536. The second-order valence-electron chi connectivity index (χ2n) is 2.72. The fourth-order valence-electron chi connectivity index (χ4n) is 1.21. The molecule has 1 nitrogen and oxygen atoms in total. The first-order chi connectivity index (χ1) is 5.79. The molecule has 0 saturated carbocycles. The standard InChI is InChI=1S/C11H9O.4Y/c1-3-9-4-5-11-10(7-9)6-8(2)12-11;;;;/h3-5H,1-2H3;;;;/q-3;;;;. The van der Waals surface area contributed by atoms with Crippen LogP contribution in [-0.4, -0.2) is 0 Å². The fourth-order valence-corrected chi connectivity index (χ4v) is 1.21. The van der Waals surface area contributed by atoms with Crippen molar-refractivity contribution in [2.45, 2.75) is 13.8 Å². The van der Waals surface area contributed by atoms with Crippen molar-refractivity contribution in [3.8, 4) is 0 Å². The number of hydrogen-bond acceptors (Lipinski definition) is 1. The van der Waals surface area contributed by atoms with Gasteiger partial charge in [0, 0.05) is 131 Å². The van der Waals surface area contributed by atoms with E-state index < -0.39 is 0 Å². The predicted octanol–water partition coefficient (Wildman–Crippen LogP) is 2.90. The molecule has 0 amide bonds. The number of fused-ring (bicyclic) bond motifs is 1. The third-order valence-electron chi connectivity index (χ3n) is 1.81. The molecule has 0 saturated heterocycles. The fraction of sp³-hybridized carbons (Fsp3) is 0.182. The average Bonchev–Trinajstić information content (AvgIpc) is 2.43. The van der Waals surface area contributed by atoms with Crippen molar-refractivity contribution in [1.82, 2.24) is 0 Å². The minimum atomic E-state index is 0. The summed E-state index contributed by atoms with van der Waals surface area (Å²) >= 11 is 0. The van der Waals surface area contributed by atoms with Crippen LogP contribution in [0.2, 0.25) is 0 Å². The zero-order valence-corrected chi connectivity index (χ0v) is 20.8. The Labute approximate surface area is 198 Å². The third-order valence-corrected chi connectivity index (χ3v) is 1.81. The van der Waals surface area contributed by atoms with Crippen LogP contribution in [0.3, 0.4) is 0 Å². The number of furan rings is 1. The van der Waals surface area contributed by atoms with Crippen molar-refractivity contribution < 1.29 is 135 Å². The second kappa shape index (κ2) is 11.8. The first kappa shape index (κ1) is 24.1. The molecule has 2 rings (SSSR count). The van der Waals surface area contributed by atoms with E-state index in [-0.39, 0.29) is 131 Å². The Hall–Kier alpha value is 3.05. The molecular weight excluding hydrogens is 504 g/mol. The Morgan fingerprint density at radius 1 is 1.06 bits per heavy atom. The summed E-state index contributed by atoms with van der Waals surface area (Å²) in [4.78, 5) is 0. The maximum absolute atomic E-state index is 5.37. The molecule has 1 aromatic heterocycles. The number of hydrogen-bond donors (Lipinski definition) is 0. The molecule has 0 spiro atoms. The van der Waals surface area contributed by atoms with Crippen LogP contribution in [0.25, 0.3) is 11.0 Å². The van der Waals surface area contributed by atoms with Crippen LogP contribution >= 0.6 is 0 Å². The maximum atomic E-state index is 5.37. The zero-order chi connectivity index (χ0) is 8.55. The zero-order valence-electron chi connectivity index (χ0n) is 9.45. The van der Waals surface area contributed by atoms with Gasteiger partial charge in [0.2, 0.25) is 0 Å². The van der Waals surface area contributed by atoms with Crippen molar-refractivity contribution >= 4 is 11.0 Å². The van der Waals surface area contributed by atoms with Gasteiger partial charge in [-0.15, -0.1) is 12.5 Å². The number of benzene rings is 1. The molecule has 0 aliphatic heterocycles. The van der Waals surface area contributed by atoms with Crippen molar-refractivity contribution in [2.75, 3.05) is 0 Å². The molecule has 0 unspecified atom stereocenters. The average molecular weight is 513 g/mol.